The third-order valence-corrected chi connectivity index (χ3v) is 3.71. The van der Waals surface area contributed by atoms with Gasteiger partial charge in [0.05, 0.1) is 7.11 Å². The van der Waals surface area contributed by atoms with Crippen molar-refractivity contribution in [1.82, 2.24) is 20.0 Å². The summed E-state index contributed by atoms with van der Waals surface area (Å²) in [5, 5.41) is 9.32. The molecule has 2 aromatic heterocycles. The molecule has 0 fully saturated rings. The van der Waals surface area contributed by atoms with Crippen LogP contribution in [-0.4, -0.2) is 27.8 Å². The van der Waals surface area contributed by atoms with Gasteiger partial charge in [-0.3, -0.25) is 5.32 Å². The predicted molar refractivity (Wildman–Crippen MR) is 91.4 cm³/mol. The minimum atomic E-state index is -0.496. The standard InChI is InChI=1S/C17H19N5O3/c1-11-10-14(21-25-11)19-17(23)20-15(16-18-8-9-22(16)2)12-6-4-5-7-13(12)24-3/h4-10,15H,1-3H3,(H2,19,20,21,23). The van der Waals surface area contributed by atoms with Gasteiger partial charge in [0, 0.05) is 31.1 Å². The van der Waals surface area contributed by atoms with E-state index in [1.807, 2.05) is 42.1 Å². The van der Waals surface area contributed by atoms with E-state index in [1.54, 1.807) is 26.3 Å². The molecule has 0 saturated heterocycles. The van der Waals surface area contributed by atoms with E-state index in [0.29, 0.717) is 23.2 Å². The lowest BCUT2D eigenvalue weighted by Gasteiger charge is -2.21. The van der Waals surface area contributed by atoms with Crippen LogP contribution >= 0.6 is 0 Å². The first kappa shape index (κ1) is 16.6. The Hall–Kier alpha value is -3.29. The van der Waals surface area contributed by atoms with E-state index in [2.05, 4.69) is 20.8 Å². The number of carbonyl (C=O) groups is 1. The summed E-state index contributed by atoms with van der Waals surface area (Å²) in [7, 11) is 3.46. The van der Waals surface area contributed by atoms with Gasteiger partial charge in [-0.2, -0.15) is 0 Å². The molecule has 25 heavy (non-hydrogen) atoms. The zero-order chi connectivity index (χ0) is 17.8. The molecule has 0 aliphatic rings. The summed E-state index contributed by atoms with van der Waals surface area (Å²) in [4.78, 5) is 16.8. The minimum Gasteiger partial charge on any atom is -0.496 e. The van der Waals surface area contributed by atoms with E-state index in [-0.39, 0.29) is 0 Å². The largest absolute Gasteiger partial charge is 0.496 e. The molecule has 0 saturated carbocycles. The second kappa shape index (κ2) is 7.08. The molecule has 1 unspecified atom stereocenters. The number of hydrogen-bond donors (Lipinski definition) is 2. The lowest BCUT2D eigenvalue weighted by Crippen LogP contribution is -2.34. The Bertz CT molecular complexity index is 871. The van der Waals surface area contributed by atoms with Crippen LogP contribution in [0.4, 0.5) is 10.6 Å². The van der Waals surface area contributed by atoms with Gasteiger partial charge in [0.2, 0.25) is 0 Å². The van der Waals surface area contributed by atoms with Crippen LogP contribution in [0.25, 0.3) is 0 Å². The van der Waals surface area contributed by atoms with Gasteiger partial charge in [-0.15, -0.1) is 0 Å². The molecule has 0 spiro atoms. The van der Waals surface area contributed by atoms with Crippen LogP contribution < -0.4 is 15.4 Å². The molecule has 1 atom stereocenters. The van der Waals surface area contributed by atoms with Gasteiger partial charge in [0.25, 0.3) is 0 Å². The van der Waals surface area contributed by atoms with E-state index in [9.17, 15) is 4.79 Å². The summed E-state index contributed by atoms with van der Waals surface area (Å²) in [6, 6.07) is 8.20. The Morgan fingerprint density at radius 1 is 1.36 bits per heavy atom. The molecular formula is C17H19N5O3. The van der Waals surface area contributed by atoms with Crippen molar-refractivity contribution < 1.29 is 14.1 Å². The first-order chi connectivity index (χ1) is 12.1. The zero-order valence-corrected chi connectivity index (χ0v) is 14.2. The zero-order valence-electron chi connectivity index (χ0n) is 14.2. The molecular weight excluding hydrogens is 322 g/mol. The average molecular weight is 341 g/mol. The van der Waals surface area contributed by atoms with E-state index in [4.69, 9.17) is 9.26 Å². The lowest BCUT2D eigenvalue weighted by molar-refractivity contribution is 0.249. The van der Waals surface area contributed by atoms with Crippen molar-refractivity contribution in [3.05, 3.63) is 59.9 Å². The van der Waals surface area contributed by atoms with Gasteiger partial charge in [-0.25, -0.2) is 9.78 Å². The summed E-state index contributed by atoms with van der Waals surface area (Å²) in [5.74, 6) is 2.29. The Balaban J connectivity index is 1.89. The summed E-state index contributed by atoms with van der Waals surface area (Å²) < 4.78 is 12.2. The monoisotopic (exact) mass is 341 g/mol. The molecule has 2 amide bonds. The predicted octanol–water partition coefficient (Wildman–Crippen LogP) is 2.64. The van der Waals surface area contributed by atoms with E-state index < -0.39 is 12.1 Å². The second-order valence-electron chi connectivity index (χ2n) is 5.49. The topological polar surface area (TPSA) is 94.2 Å². The number of aromatic nitrogens is 3. The first-order valence-corrected chi connectivity index (χ1v) is 7.69. The molecule has 1 aromatic carbocycles. The van der Waals surface area contributed by atoms with E-state index in [1.165, 1.54) is 0 Å². The van der Waals surface area contributed by atoms with Crippen LogP contribution in [0, 0.1) is 6.92 Å². The maximum Gasteiger partial charge on any atom is 0.321 e. The number of rotatable bonds is 5. The number of anilines is 1. The number of carbonyl (C=O) groups excluding carboxylic acids is 1. The molecule has 0 aliphatic heterocycles. The summed E-state index contributed by atoms with van der Waals surface area (Å²) in [6.07, 6.45) is 3.50. The van der Waals surface area contributed by atoms with Gasteiger partial charge in [-0.05, 0) is 13.0 Å². The number of amides is 2. The van der Waals surface area contributed by atoms with E-state index >= 15 is 0 Å². The number of nitrogens with zero attached hydrogens (tertiary/aromatic N) is 3. The molecule has 2 heterocycles. The van der Waals surface area contributed by atoms with Crippen molar-refractivity contribution in [2.75, 3.05) is 12.4 Å². The molecule has 3 rings (SSSR count). The number of nitrogens with one attached hydrogen (secondary N) is 2. The SMILES string of the molecule is COc1ccccc1C(NC(=O)Nc1cc(C)on1)c1nccn1C. The highest BCUT2D eigenvalue weighted by Crippen LogP contribution is 2.29. The number of ether oxygens (including phenoxy) is 1. The average Bonchev–Trinajstić information content (AvgIpc) is 3.21. The molecule has 0 bridgehead atoms. The number of methoxy groups -OCH3 is 1. The van der Waals surface area contributed by atoms with Gasteiger partial charge in [-0.1, -0.05) is 23.4 Å². The number of imidazole rings is 1. The Morgan fingerprint density at radius 2 is 2.16 bits per heavy atom. The van der Waals surface area contributed by atoms with Crippen molar-refractivity contribution in [2.24, 2.45) is 7.05 Å². The number of benzene rings is 1. The minimum absolute atomic E-state index is 0.341. The normalized spacial score (nSPS) is 11.8. The molecule has 130 valence electrons. The van der Waals surface area contributed by atoms with Crippen molar-refractivity contribution in [3.8, 4) is 5.75 Å². The van der Waals surface area contributed by atoms with Gasteiger partial charge >= 0.3 is 6.03 Å². The summed E-state index contributed by atoms with van der Waals surface area (Å²) in [6.45, 7) is 1.75. The van der Waals surface area contributed by atoms with Crippen LogP contribution in [-0.2, 0) is 7.05 Å². The lowest BCUT2D eigenvalue weighted by atomic mass is 10.0. The molecule has 8 heteroatoms. The molecule has 2 N–H and O–H groups in total. The van der Waals surface area contributed by atoms with Crippen molar-refractivity contribution in [1.29, 1.82) is 0 Å². The summed E-state index contributed by atoms with van der Waals surface area (Å²) in [5.41, 5.74) is 0.797. The van der Waals surface area contributed by atoms with Crippen LogP contribution in [0.5, 0.6) is 5.75 Å². The third kappa shape index (κ3) is 3.63. The fraction of sp³-hybridized carbons (Fsp3) is 0.235. The molecule has 8 nitrogen and oxygen atoms in total. The first-order valence-electron chi connectivity index (χ1n) is 7.69. The quantitative estimate of drug-likeness (QED) is 0.744. The van der Waals surface area contributed by atoms with Crippen molar-refractivity contribution >= 4 is 11.8 Å². The number of urea groups is 1. The number of aryl methyl sites for hydroxylation is 2. The fourth-order valence-electron chi connectivity index (χ4n) is 2.55. The Kier molecular flexibility index (Phi) is 4.69. The van der Waals surface area contributed by atoms with Crippen LogP contribution in [0.1, 0.15) is 23.2 Å². The highest BCUT2D eigenvalue weighted by Gasteiger charge is 2.24. The maximum absolute atomic E-state index is 12.4. The Morgan fingerprint density at radius 3 is 2.80 bits per heavy atom. The highest BCUT2D eigenvalue weighted by molar-refractivity contribution is 5.88. The molecule has 0 radical (unpaired) electrons. The Labute approximate surface area is 144 Å². The smallest absolute Gasteiger partial charge is 0.321 e. The highest BCUT2D eigenvalue weighted by atomic mass is 16.5. The van der Waals surface area contributed by atoms with Gasteiger partial charge < -0.3 is 19.1 Å². The fourth-order valence-corrected chi connectivity index (χ4v) is 2.55. The van der Waals surface area contributed by atoms with Crippen LogP contribution in [0.2, 0.25) is 0 Å². The maximum atomic E-state index is 12.4. The number of hydrogen-bond acceptors (Lipinski definition) is 5. The van der Waals surface area contributed by atoms with Gasteiger partial charge in [0.15, 0.2) is 5.82 Å². The third-order valence-electron chi connectivity index (χ3n) is 3.71. The van der Waals surface area contributed by atoms with Crippen LogP contribution in [0.15, 0.2) is 47.2 Å². The second-order valence-corrected chi connectivity index (χ2v) is 5.49. The van der Waals surface area contributed by atoms with Crippen LogP contribution in [0.3, 0.4) is 0 Å². The number of para-hydroxylation sites is 1. The molecule has 0 aliphatic carbocycles. The van der Waals surface area contributed by atoms with Crippen molar-refractivity contribution in [2.45, 2.75) is 13.0 Å². The summed E-state index contributed by atoms with van der Waals surface area (Å²) >= 11 is 0. The van der Waals surface area contributed by atoms with Crippen molar-refractivity contribution in [3.63, 3.8) is 0 Å². The molecule has 3 aromatic rings. The van der Waals surface area contributed by atoms with Gasteiger partial charge in [0.1, 0.15) is 23.4 Å². The van der Waals surface area contributed by atoms with E-state index in [0.717, 1.165) is 5.56 Å².